The van der Waals surface area contributed by atoms with E-state index in [1.165, 1.54) is 106 Å². The Kier molecular flexibility index (Phi) is 22.2. The summed E-state index contributed by atoms with van der Waals surface area (Å²) in [5, 5.41) is 45.2. The summed E-state index contributed by atoms with van der Waals surface area (Å²) >= 11 is 0. The molecule has 17 heteroatoms. The van der Waals surface area contributed by atoms with Crippen molar-refractivity contribution in [2.45, 2.75) is 140 Å². The van der Waals surface area contributed by atoms with Crippen LogP contribution in [-0.2, 0) is 34.4 Å². The van der Waals surface area contributed by atoms with E-state index >= 15 is 0 Å². The monoisotopic (exact) mass is 815 g/mol. The van der Waals surface area contributed by atoms with Gasteiger partial charge in [-0.05, 0) is 30.2 Å². The molecule has 16 nitrogen and oxygen atoms in total. The van der Waals surface area contributed by atoms with E-state index in [1.54, 1.807) is 18.2 Å². The van der Waals surface area contributed by atoms with Crippen LogP contribution < -0.4 is 5.73 Å². The van der Waals surface area contributed by atoms with Crippen LogP contribution in [0.1, 0.15) is 133 Å². The topological polar surface area (TPSA) is 241 Å². The maximum atomic E-state index is 13.0. The molecule has 0 saturated carbocycles. The number of anilines is 1. The minimum atomic E-state index is -4.88. The predicted molar refractivity (Wildman–Crippen MR) is 213 cm³/mol. The van der Waals surface area contributed by atoms with Gasteiger partial charge in [-0.15, -0.1) is 0 Å². The lowest BCUT2D eigenvalue weighted by molar-refractivity contribution is -0.134. The van der Waals surface area contributed by atoms with Crippen molar-refractivity contribution in [2.24, 2.45) is 0 Å². The van der Waals surface area contributed by atoms with Gasteiger partial charge in [-0.25, -0.2) is 19.0 Å². The molecule has 0 saturated heterocycles. The van der Waals surface area contributed by atoms with Crippen molar-refractivity contribution < 1.29 is 42.9 Å². The Morgan fingerprint density at radius 2 is 1.51 bits per heavy atom. The van der Waals surface area contributed by atoms with Gasteiger partial charge in [0.15, 0.2) is 5.82 Å². The Bertz CT molecular complexity index is 1700. The van der Waals surface area contributed by atoms with Crippen LogP contribution in [0.2, 0.25) is 0 Å². The number of hydrogen-bond acceptors (Lipinski definition) is 14. The van der Waals surface area contributed by atoms with Gasteiger partial charge < -0.3 is 35.1 Å². The van der Waals surface area contributed by atoms with Crippen LogP contribution in [0.25, 0.3) is 5.52 Å². The number of ether oxygens (including phenoxy) is 3. The minimum absolute atomic E-state index is 0.0485. The number of nitrogens with zero attached hydrogens (tertiary/aromatic N) is 6. The summed E-state index contributed by atoms with van der Waals surface area (Å²) in [6.07, 6.45) is 18.4. The summed E-state index contributed by atoms with van der Waals surface area (Å²) in [6, 6.07) is 9.90. The van der Waals surface area contributed by atoms with Crippen molar-refractivity contribution >= 4 is 19.2 Å². The molecule has 0 bridgehead atoms. The summed E-state index contributed by atoms with van der Waals surface area (Å²) < 4.78 is 41.7. The third-order valence-corrected chi connectivity index (χ3v) is 10.8. The third-order valence-electron chi connectivity index (χ3n) is 9.88. The van der Waals surface area contributed by atoms with E-state index in [2.05, 4.69) is 22.0 Å². The number of rotatable bonds is 32. The Morgan fingerprint density at radius 1 is 0.877 bits per heavy atom. The summed E-state index contributed by atoms with van der Waals surface area (Å²) in [5.41, 5.74) is 4.88. The summed E-state index contributed by atoms with van der Waals surface area (Å²) in [5.74, 6) is 0.124. The van der Waals surface area contributed by atoms with E-state index in [9.17, 15) is 24.9 Å². The summed E-state index contributed by atoms with van der Waals surface area (Å²) in [7, 11) is -3.80. The van der Waals surface area contributed by atoms with E-state index in [0.29, 0.717) is 17.7 Å². The van der Waals surface area contributed by atoms with Crippen LogP contribution in [-0.4, -0.2) is 86.0 Å². The lowest BCUT2D eigenvalue weighted by Gasteiger charge is -2.33. The van der Waals surface area contributed by atoms with Gasteiger partial charge in [0.05, 0.1) is 25.5 Å². The van der Waals surface area contributed by atoms with E-state index in [1.807, 2.05) is 6.07 Å². The van der Waals surface area contributed by atoms with Crippen molar-refractivity contribution in [3.8, 4) is 12.1 Å². The van der Waals surface area contributed by atoms with Gasteiger partial charge in [0, 0.05) is 19.9 Å². The average Bonchev–Trinajstić information content (AvgIpc) is 3.67. The highest BCUT2D eigenvalue weighted by Gasteiger charge is 2.46. The number of nitrogen functional groups attached to an aromatic ring is 1. The maximum absolute atomic E-state index is 13.0. The van der Waals surface area contributed by atoms with E-state index in [-0.39, 0.29) is 30.4 Å². The number of phosphoric acid groups is 1. The molecule has 3 heterocycles. The number of hydrogen-bond donors (Lipinski definition) is 4. The first-order chi connectivity index (χ1) is 27.6. The van der Waals surface area contributed by atoms with Gasteiger partial charge in [-0.3, -0.25) is 9.05 Å². The van der Waals surface area contributed by atoms with Gasteiger partial charge in [0.1, 0.15) is 54.6 Å². The van der Waals surface area contributed by atoms with Gasteiger partial charge >= 0.3 is 7.82 Å². The lowest BCUT2D eigenvalue weighted by atomic mass is 9.93. The smallest absolute Gasteiger partial charge is 0.386 e. The van der Waals surface area contributed by atoms with Gasteiger partial charge in [-0.1, -0.05) is 109 Å². The Hall–Kier alpha value is -3.54. The molecule has 0 amide bonds. The second-order valence-corrected chi connectivity index (χ2v) is 15.8. The second kappa shape index (κ2) is 26.5. The van der Waals surface area contributed by atoms with E-state index in [0.717, 1.165) is 32.7 Å². The molecule has 0 aliphatic rings. The summed E-state index contributed by atoms with van der Waals surface area (Å²) in [6.45, 7) is 1.45. The van der Waals surface area contributed by atoms with Gasteiger partial charge in [0.25, 0.3) is 0 Å². The molecular weight excluding hydrogens is 753 g/mol. The zero-order valence-corrected chi connectivity index (χ0v) is 34.4. The van der Waals surface area contributed by atoms with Gasteiger partial charge in [-0.2, -0.15) is 15.6 Å². The number of methoxy groups -OCH3 is 1. The first-order valence-electron chi connectivity index (χ1n) is 20.2. The zero-order valence-electron chi connectivity index (χ0n) is 33.5. The summed E-state index contributed by atoms with van der Waals surface area (Å²) in [4.78, 5) is 18.5. The predicted octanol–water partition coefficient (Wildman–Crippen LogP) is 6.88. The van der Waals surface area contributed by atoms with E-state index < -0.39 is 44.9 Å². The molecule has 5 atom stereocenters. The molecule has 3 rings (SSSR count). The number of nitrogens with two attached hydrogens (primary N) is 1. The third kappa shape index (κ3) is 16.7. The Balaban J connectivity index is 1.43. The molecule has 57 heavy (non-hydrogen) atoms. The highest BCUT2D eigenvalue weighted by atomic mass is 31.2. The van der Waals surface area contributed by atoms with Crippen molar-refractivity contribution in [1.29, 1.82) is 10.5 Å². The first kappa shape index (κ1) is 47.8. The molecule has 0 fully saturated rings. The number of aromatic nitrogens is 4. The second-order valence-electron chi connectivity index (χ2n) is 14.3. The zero-order chi connectivity index (χ0) is 41.4. The highest BCUT2D eigenvalue weighted by Crippen LogP contribution is 2.45. The maximum Gasteiger partial charge on any atom is 0.472 e. The largest absolute Gasteiger partial charge is 0.472 e. The van der Waals surface area contributed by atoms with Crippen LogP contribution in [0.4, 0.5) is 5.82 Å². The normalized spacial score (nSPS) is 15.4. The lowest BCUT2D eigenvalue weighted by Crippen LogP contribution is -2.50. The molecule has 316 valence electrons. The molecule has 0 spiro atoms. The van der Waals surface area contributed by atoms with Crippen molar-refractivity contribution in [1.82, 2.24) is 19.6 Å². The van der Waals surface area contributed by atoms with Crippen LogP contribution in [0, 0.1) is 22.7 Å². The van der Waals surface area contributed by atoms with Gasteiger partial charge in [0.2, 0.25) is 5.60 Å². The number of aliphatic hydroxyl groups excluding tert-OH is 2. The van der Waals surface area contributed by atoms with Crippen LogP contribution in [0.15, 0.2) is 36.8 Å². The first-order valence-corrected chi connectivity index (χ1v) is 21.7. The molecule has 1 unspecified atom stereocenters. The molecular formula is C40H62N7O9P. The minimum Gasteiger partial charge on any atom is -0.386 e. The van der Waals surface area contributed by atoms with Crippen LogP contribution in [0.3, 0.4) is 0 Å². The molecule has 0 aliphatic carbocycles. The molecule has 0 radical (unpaired) electrons. The van der Waals surface area contributed by atoms with Crippen molar-refractivity contribution in [3.63, 3.8) is 0 Å². The van der Waals surface area contributed by atoms with E-state index in [4.69, 9.17) is 34.3 Å². The number of unbranched alkanes of at least 4 members (excludes halogenated alkanes) is 15. The quantitative estimate of drug-likeness (QED) is 0.0371. The number of aliphatic hydroxyl groups is 2. The van der Waals surface area contributed by atoms with Crippen LogP contribution in [0.5, 0.6) is 0 Å². The fraction of sp³-hybridized carbons (Fsp3) is 0.675. The Morgan fingerprint density at radius 3 is 2.07 bits per heavy atom. The van der Waals surface area contributed by atoms with Crippen molar-refractivity contribution in [3.05, 3.63) is 53.7 Å². The molecule has 5 N–H and O–H groups in total. The average molecular weight is 816 g/mol. The molecule has 3 aromatic rings. The standard InChI is InChI=1S/C40H62N7O9P/c1-3-4-5-6-7-8-9-10-11-12-13-14-15-16-17-18-23-53-27-34(54-26-32-19-20-33(24-41)44-25-32)28-55-57(50,51)56-30-40(29-42,52-2)38(49)37(48)35-21-22-36-39(43)45-31-46-47(35)36/h19-22,25,31,34,37-38,48-49H,3-18,23,26-28,30H2,1-2H3,(H,50,51)(H2,43,45,46)/t34-,37-,38-,40+/m0/s1. The molecule has 0 aromatic carbocycles. The SMILES string of the molecule is CCCCCCCCCCCCCCCCCCOC[C@@H](COP(=O)(O)OC[C@@](C#N)(OC)[C@@H](O)[C@@H](O)c1ccc2c(N)ncnn12)OCc1ccc(C#N)nc1. The van der Waals surface area contributed by atoms with Crippen LogP contribution >= 0.6 is 7.82 Å². The Labute approximate surface area is 336 Å². The number of pyridine rings is 1. The number of fused-ring (bicyclic) bond motifs is 1. The molecule has 3 aromatic heterocycles. The highest BCUT2D eigenvalue weighted by molar-refractivity contribution is 7.47. The molecule has 0 aliphatic heterocycles. The number of nitriles is 2. The number of phosphoric ester groups is 1. The van der Waals surface area contributed by atoms with Crippen molar-refractivity contribution in [2.75, 3.05) is 39.3 Å². The fourth-order valence-electron chi connectivity index (χ4n) is 6.32. The fourth-order valence-corrected chi connectivity index (χ4v) is 7.10.